The summed E-state index contributed by atoms with van der Waals surface area (Å²) in [5.74, 6) is 0.629. The Kier molecular flexibility index (Phi) is 7.51. The number of fused-ring (bicyclic) bond motifs is 1. The van der Waals surface area contributed by atoms with Crippen LogP contribution in [-0.4, -0.2) is 31.4 Å². The Hall–Kier alpha value is -3.65. The fourth-order valence-electron chi connectivity index (χ4n) is 4.17. The number of carbonyl (C=O) groups excluding carboxylic acids is 1. The van der Waals surface area contributed by atoms with Gasteiger partial charge < -0.3 is 14.2 Å². The normalized spacial score (nSPS) is 15.4. The summed E-state index contributed by atoms with van der Waals surface area (Å²) in [5, 5.41) is 0. The van der Waals surface area contributed by atoms with Crippen LogP contribution in [0.1, 0.15) is 43.9 Å². The van der Waals surface area contributed by atoms with Gasteiger partial charge in [-0.25, -0.2) is 9.79 Å². The molecule has 2 heterocycles. The Bertz CT molecular complexity index is 1440. The Morgan fingerprint density at radius 2 is 1.89 bits per heavy atom. The predicted octanol–water partition coefficient (Wildman–Crippen LogP) is 3.60. The third-order valence-electron chi connectivity index (χ3n) is 5.72. The summed E-state index contributed by atoms with van der Waals surface area (Å²) in [6, 6.07) is 14.2. The van der Waals surface area contributed by atoms with Crippen LogP contribution in [0.25, 0.3) is 6.08 Å². The Morgan fingerprint density at radius 1 is 1.11 bits per heavy atom. The molecule has 0 amide bonds. The molecule has 0 saturated carbocycles. The molecule has 0 fully saturated rings. The minimum Gasteiger partial charge on any atom is -0.497 e. The van der Waals surface area contributed by atoms with E-state index in [1.54, 1.807) is 43.9 Å². The van der Waals surface area contributed by atoms with E-state index in [9.17, 15) is 9.59 Å². The largest absolute Gasteiger partial charge is 0.497 e. The molecule has 35 heavy (non-hydrogen) atoms. The first-order valence-corrected chi connectivity index (χ1v) is 12.3. The second-order valence-corrected chi connectivity index (χ2v) is 8.94. The molecule has 3 aromatic rings. The maximum atomic E-state index is 13.8. The highest BCUT2D eigenvalue weighted by Gasteiger charge is 2.36. The maximum absolute atomic E-state index is 13.8. The van der Waals surface area contributed by atoms with Crippen molar-refractivity contribution in [3.63, 3.8) is 0 Å². The number of hydrogen-bond donors (Lipinski definition) is 0. The van der Waals surface area contributed by atoms with Crippen molar-refractivity contribution < 1.29 is 19.0 Å². The van der Waals surface area contributed by atoms with Crippen molar-refractivity contribution in [1.29, 1.82) is 0 Å². The Balaban J connectivity index is 2.06. The molecule has 1 aromatic heterocycles. The average molecular weight is 493 g/mol. The van der Waals surface area contributed by atoms with Crippen molar-refractivity contribution in [2.75, 3.05) is 20.8 Å². The van der Waals surface area contributed by atoms with Crippen LogP contribution in [0.4, 0.5) is 0 Å². The first kappa shape index (κ1) is 24.5. The second kappa shape index (κ2) is 10.7. The number of methoxy groups -OCH3 is 2. The van der Waals surface area contributed by atoms with Gasteiger partial charge in [0, 0.05) is 5.56 Å². The third kappa shape index (κ3) is 4.79. The van der Waals surface area contributed by atoms with Gasteiger partial charge >= 0.3 is 5.97 Å². The highest BCUT2D eigenvalue weighted by atomic mass is 32.1. The lowest BCUT2D eigenvalue weighted by atomic mass is 9.93. The highest BCUT2D eigenvalue weighted by molar-refractivity contribution is 7.07. The Labute approximate surface area is 207 Å². The van der Waals surface area contributed by atoms with Gasteiger partial charge in [-0.15, -0.1) is 0 Å². The van der Waals surface area contributed by atoms with E-state index in [1.165, 1.54) is 11.3 Å². The molecule has 4 rings (SSSR count). The molecule has 1 atom stereocenters. The number of nitrogens with zero attached hydrogens (tertiary/aromatic N) is 2. The fourth-order valence-corrected chi connectivity index (χ4v) is 5.19. The van der Waals surface area contributed by atoms with E-state index >= 15 is 0 Å². The Morgan fingerprint density at radius 3 is 2.54 bits per heavy atom. The lowest BCUT2D eigenvalue weighted by Crippen LogP contribution is -2.40. The summed E-state index contributed by atoms with van der Waals surface area (Å²) >= 11 is 1.31. The quantitative estimate of drug-likeness (QED) is 0.449. The van der Waals surface area contributed by atoms with Crippen molar-refractivity contribution in [1.82, 2.24) is 4.57 Å². The van der Waals surface area contributed by atoms with E-state index in [2.05, 4.69) is 0 Å². The smallest absolute Gasteiger partial charge is 0.338 e. The standard InChI is InChI=1S/C27H28N2O5S/c1-5-10-20-23(26(31)34-6-2)24(19-16-18(32-3)13-14-21(19)33-4)29-25(30)22(35-27(29)28-20)15-17-11-8-7-9-12-17/h7-9,11-16,24H,5-6,10H2,1-4H3/b22-15+/t24-/m1/s1. The van der Waals surface area contributed by atoms with Gasteiger partial charge in [0.15, 0.2) is 4.80 Å². The number of hydrogen-bond acceptors (Lipinski definition) is 7. The van der Waals surface area contributed by atoms with Crippen LogP contribution in [0.3, 0.4) is 0 Å². The fraction of sp³-hybridized carbons (Fsp3) is 0.296. The van der Waals surface area contributed by atoms with Gasteiger partial charge in [-0.2, -0.15) is 0 Å². The van der Waals surface area contributed by atoms with Crippen LogP contribution in [-0.2, 0) is 9.53 Å². The first-order chi connectivity index (χ1) is 17.0. The SMILES string of the molecule is CCCC1=C(C(=O)OCC)[C@@H](c2cc(OC)ccc2OC)n2c(s/c(=C/c3ccccc3)c2=O)=N1. The van der Waals surface area contributed by atoms with Crippen molar-refractivity contribution in [2.45, 2.75) is 32.7 Å². The number of carbonyl (C=O) groups is 1. The minimum atomic E-state index is -0.769. The summed E-state index contributed by atoms with van der Waals surface area (Å²) in [6.45, 7) is 3.99. The molecular weight excluding hydrogens is 464 g/mol. The zero-order valence-electron chi connectivity index (χ0n) is 20.2. The number of ether oxygens (including phenoxy) is 3. The second-order valence-electron chi connectivity index (χ2n) is 7.93. The molecule has 0 radical (unpaired) electrons. The van der Waals surface area contributed by atoms with Gasteiger partial charge in [-0.3, -0.25) is 9.36 Å². The van der Waals surface area contributed by atoms with Gasteiger partial charge in [0.2, 0.25) is 0 Å². The monoisotopic (exact) mass is 492 g/mol. The first-order valence-electron chi connectivity index (χ1n) is 11.5. The average Bonchev–Trinajstić information content (AvgIpc) is 3.18. The number of rotatable bonds is 8. The highest BCUT2D eigenvalue weighted by Crippen LogP contribution is 2.38. The molecule has 0 aliphatic carbocycles. The van der Waals surface area contributed by atoms with Crippen LogP contribution in [0.5, 0.6) is 11.5 Å². The van der Waals surface area contributed by atoms with Gasteiger partial charge in [-0.05, 0) is 43.2 Å². The molecular formula is C27H28N2O5S. The van der Waals surface area contributed by atoms with E-state index in [4.69, 9.17) is 19.2 Å². The summed E-state index contributed by atoms with van der Waals surface area (Å²) in [5.41, 5.74) is 2.27. The summed E-state index contributed by atoms with van der Waals surface area (Å²) in [4.78, 5) is 32.4. The van der Waals surface area contributed by atoms with Crippen LogP contribution < -0.4 is 24.4 Å². The van der Waals surface area contributed by atoms with Gasteiger partial charge in [0.25, 0.3) is 5.56 Å². The minimum absolute atomic E-state index is 0.210. The van der Waals surface area contributed by atoms with Crippen molar-refractivity contribution >= 4 is 23.4 Å². The number of esters is 1. The van der Waals surface area contributed by atoms with E-state index < -0.39 is 12.0 Å². The maximum Gasteiger partial charge on any atom is 0.338 e. The summed E-state index contributed by atoms with van der Waals surface area (Å²) in [7, 11) is 3.13. The van der Waals surface area contributed by atoms with E-state index in [1.807, 2.05) is 43.3 Å². The van der Waals surface area contributed by atoms with Crippen LogP contribution in [0.2, 0.25) is 0 Å². The number of allylic oxidation sites excluding steroid dienone is 1. The molecule has 182 valence electrons. The molecule has 0 saturated heterocycles. The number of aromatic nitrogens is 1. The van der Waals surface area contributed by atoms with Crippen LogP contribution >= 0.6 is 11.3 Å². The zero-order chi connectivity index (χ0) is 24.9. The molecule has 7 nitrogen and oxygen atoms in total. The van der Waals surface area contributed by atoms with Gasteiger partial charge in [0.1, 0.15) is 17.5 Å². The summed E-state index contributed by atoms with van der Waals surface area (Å²) < 4.78 is 18.7. The van der Waals surface area contributed by atoms with Crippen LogP contribution in [0.15, 0.2) is 69.6 Å². The molecule has 0 unspecified atom stereocenters. The predicted molar refractivity (Wildman–Crippen MR) is 136 cm³/mol. The molecule has 1 aliphatic rings. The van der Waals surface area contributed by atoms with E-state index in [0.29, 0.717) is 44.1 Å². The molecule has 1 aliphatic heterocycles. The lowest BCUT2D eigenvalue weighted by Gasteiger charge is -2.27. The van der Waals surface area contributed by atoms with Crippen LogP contribution in [0, 0.1) is 0 Å². The zero-order valence-corrected chi connectivity index (χ0v) is 21.1. The van der Waals surface area contributed by atoms with Gasteiger partial charge in [0.05, 0.1) is 36.6 Å². The number of thiazole rings is 1. The number of benzene rings is 2. The molecule has 0 bridgehead atoms. The van der Waals surface area contributed by atoms with Crippen molar-refractivity contribution in [3.05, 3.63) is 90.6 Å². The van der Waals surface area contributed by atoms with Crippen molar-refractivity contribution in [3.8, 4) is 11.5 Å². The van der Waals surface area contributed by atoms with Crippen molar-refractivity contribution in [2.24, 2.45) is 4.99 Å². The lowest BCUT2D eigenvalue weighted by molar-refractivity contribution is -0.139. The van der Waals surface area contributed by atoms with E-state index in [0.717, 1.165) is 12.0 Å². The third-order valence-corrected chi connectivity index (χ3v) is 6.70. The molecule has 2 aromatic carbocycles. The molecule has 0 spiro atoms. The topological polar surface area (TPSA) is 79.1 Å². The molecule has 8 heteroatoms. The van der Waals surface area contributed by atoms with Gasteiger partial charge in [-0.1, -0.05) is 55.0 Å². The van der Waals surface area contributed by atoms with E-state index in [-0.39, 0.29) is 12.2 Å². The molecule has 0 N–H and O–H groups in total. The summed E-state index contributed by atoms with van der Waals surface area (Å²) in [6.07, 6.45) is 3.19.